The SMILES string of the molecule is Cc1cc(-c2csc3c2CCCC3)n[nH]1. The van der Waals surface area contributed by atoms with Gasteiger partial charge in [-0.05, 0) is 44.2 Å². The van der Waals surface area contributed by atoms with Gasteiger partial charge in [-0.1, -0.05) is 0 Å². The molecule has 78 valence electrons. The van der Waals surface area contributed by atoms with E-state index in [-0.39, 0.29) is 0 Å². The fraction of sp³-hybridized carbons (Fsp3) is 0.417. The third-order valence-corrected chi connectivity index (χ3v) is 4.13. The summed E-state index contributed by atoms with van der Waals surface area (Å²) in [7, 11) is 0. The molecule has 0 spiro atoms. The molecule has 0 saturated heterocycles. The first-order valence-corrected chi connectivity index (χ1v) is 6.34. The molecule has 0 fully saturated rings. The molecule has 3 rings (SSSR count). The van der Waals surface area contributed by atoms with Crippen LogP contribution in [0.2, 0.25) is 0 Å². The van der Waals surface area contributed by atoms with Gasteiger partial charge in [0.25, 0.3) is 0 Å². The summed E-state index contributed by atoms with van der Waals surface area (Å²) in [5, 5.41) is 9.64. The van der Waals surface area contributed by atoms with Crippen LogP contribution in [0.3, 0.4) is 0 Å². The number of H-pyrrole nitrogens is 1. The van der Waals surface area contributed by atoms with Gasteiger partial charge in [-0.25, -0.2) is 0 Å². The highest BCUT2D eigenvalue weighted by Crippen LogP contribution is 2.35. The van der Waals surface area contributed by atoms with Crippen molar-refractivity contribution in [2.75, 3.05) is 0 Å². The molecule has 0 bridgehead atoms. The number of aryl methyl sites for hydroxylation is 2. The molecule has 3 heteroatoms. The zero-order valence-electron chi connectivity index (χ0n) is 8.84. The number of hydrogen-bond donors (Lipinski definition) is 1. The number of thiophene rings is 1. The van der Waals surface area contributed by atoms with Crippen molar-refractivity contribution < 1.29 is 0 Å². The van der Waals surface area contributed by atoms with Gasteiger partial charge in [0.05, 0.1) is 5.69 Å². The van der Waals surface area contributed by atoms with Gasteiger partial charge in [-0.3, -0.25) is 5.10 Å². The summed E-state index contributed by atoms with van der Waals surface area (Å²) < 4.78 is 0. The van der Waals surface area contributed by atoms with Crippen molar-refractivity contribution in [1.82, 2.24) is 10.2 Å². The Bertz CT molecular complexity index is 482. The molecule has 2 nitrogen and oxygen atoms in total. The highest BCUT2D eigenvalue weighted by molar-refractivity contribution is 7.10. The molecule has 2 aromatic heterocycles. The molecular formula is C12H14N2S. The van der Waals surface area contributed by atoms with E-state index < -0.39 is 0 Å². The van der Waals surface area contributed by atoms with Crippen LogP contribution >= 0.6 is 11.3 Å². The van der Waals surface area contributed by atoms with E-state index in [0.29, 0.717) is 0 Å². The lowest BCUT2D eigenvalue weighted by atomic mass is 9.95. The quantitative estimate of drug-likeness (QED) is 0.781. The van der Waals surface area contributed by atoms with Gasteiger partial charge in [0.2, 0.25) is 0 Å². The van der Waals surface area contributed by atoms with Gasteiger partial charge in [-0.2, -0.15) is 5.10 Å². The molecule has 1 aliphatic rings. The second-order valence-electron chi connectivity index (χ2n) is 4.19. The molecule has 1 aliphatic carbocycles. The van der Waals surface area contributed by atoms with Crippen LogP contribution in [0.4, 0.5) is 0 Å². The van der Waals surface area contributed by atoms with Crippen LogP contribution < -0.4 is 0 Å². The lowest BCUT2D eigenvalue weighted by Crippen LogP contribution is -1.99. The average Bonchev–Trinajstić information content (AvgIpc) is 2.83. The number of fused-ring (bicyclic) bond motifs is 1. The molecule has 0 atom stereocenters. The minimum absolute atomic E-state index is 1.12. The lowest BCUT2D eigenvalue weighted by molar-refractivity contribution is 0.698. The van der Waals surface area contributed by atoms with Gasteiger partial charge in [0.15, 0.2) is 0 Å². The van der Waals surface area contributed by atoms with E-state index >= 15 is 0 Å². The molecule has 15 heavy (non-hydrogen) atoms. The van der Waals surface area contributed by atoms with Crippen LogP contribution in [0.1, 0.15) is 29.0 Å². The molecule has 0 radical (unpaired) electrons. The minimum atomic E-state index is 1.12. The summed E-state index contributed by atoms with van der Waals surface area (Å²) in [4.78, 5) is 1.58. The molecule has 0 unspecified atom stereocenters. The van der Waals surface area contributed by atoms with Crippen LogP contribution in [0.5, 0.6) is 0 Å². The largest absolute Gasteiger partial charge is 0.282 e. The van der Waals surface area contributed by atoms with Crippen LogP contribution in [-0.2, 0) is 12.8 Å². The summed E-state index contributed by atoms with van der Waals surface area (Å²) in [6.07, 6.45) is 5.19. The predicted molar refractivity (Wildman–Crippen MR) is 63.3 cm³/mol. The van der Waals surface area contributed by atoms with E-state index in [4.69, 9.17) is 0 Å². The minimum Gasteiger partial charge on any atom is -0.282 e. The number of aromatic amines is 1. The summed E-state index contributed by atoms with van der Waals surface area (Å²) in [6, 6.07) is 2.14. The van der Waals surface area contributed by atoms with E-state index in [1.54, 1.807) is 10.4 Å². The first kappa shape index (κ1) is 9.16. The maximum absolute atomic E-state index is 4.35. The van der Waals surface area contributed by atoms with E-state index in [1.807, 2.05) is 11.3 Å². The van der Waals surface area contributed by atoms with E-state index in [2.05, 4.69) is 28.6 Å². The molecule has 0 aliphatic heterocycles. The highest BCUT2D eigenvalue weighted by Gasteiger charge is 2.17. The Balaban J connectivity index is 2.08. The number of aromatic nitrogens is 2. The normalized spacial score (nSPS) is 15.3. The van der Waals surface area contributed by atoms with Crippen LogP contribution in [0.15, 0.2) is 11.4 Å². The van der Waals surface area contributed by atoms with Gasteiger partial charge < -0.3 is 0 Å². The summed E-state index contributed by atoms with van der Waals surface area (Å²) in [5.41, 5.74) is 5.17. The van der Waals surface area contributed by atoms with Crippen molar-refractivity contribution in [2.45, 2.75) is 32.6 Å². The molecule has 1 N–H and O–H groups in total. The Hall–Kier alpha value is -1.09. The maximum Gasteiger partial charge on any atom is 0.0934 e. The molecule has 2 aromatic rings. The summed E-state index contributed by atoms with van der Waals surface area (Å²) in [6.45, 7) is 2.05. The molecule has 2 heterocycles. The van der Waals surface area contributed by atoms with E-state index in [0.717, 1.165) is 11.4 Å². The predicted octanol–water partition coefficient (Wildman–Crippen LogP) is 3.33. The van der Waals surface area contributed by atoms with Crippen molar-refractivity contribution in [3.8, 4) is 11.3 Å². The third kappa shape index (κ3) is 1.51. The van der Waals surface area contributed by atoms with Crippen LogP contribution in [0, 0.1) is 6.92 Å². The Kier molecular flexibility index (Phi) is 2.13. The fourth-order valence-electron chi connectivity index (χ4n) is 2.26. The Morgan fingerprint density at radius 1 is 1.33 bits per heavy atom. The fourth-order valence-corrected chi connectivity index (χ4v) is 3.40. The molecular weight excluding hydrogens is 204 g/mol. The first-order chi connectivity index (χ1) is 7.34. The van der Waals surface area contributed by atoms with Gasteiger partial charge in [-0.15, -0.1) is 11.3 Å². The number of nitrogens with zero attached hydrogens (tertiary/aromatic N) is 1. The van der Waals surface area contributed by atoms with Gasteiger partial charge in [0.1, 0.15) is 0 Å². The molecule has 0 saturated carbocycles. The third-order valence-electron chi connectivity index (χ3n) is 3.04. The zero-order chi connectivity index (χ0) is 10.3. The van der Waals surface area contributed by atoms with Gasteiger partial charge >= 0.3 is 0 Å². The van der Waals surface area contributed by atoms with Crippen molar-refractivity contribution in [3.63, 3.8) is 0 Å². The summed E-state index contributed by atoms with van der Waals surface area (Å²) in [5.74, 6) is 0. The lowest BCUT2D eigenvalue weighted by Gasteiger charge is -2.11. The second kappa shape index (κ2) is 3.49. The molecule has 0 aromatic carbocycles. The molecule has 0 amide bonds. The Morgan fingerprint density at radius 3 is 3.00 bits per heavy atom. The zero-order valence-corrected chi connectivity index (χ0v) is 9.66. The monoisotopic (exact) mass is 218 g/mol. The standard InChI is InChI=1S/C12H14N2S/c1-8-6-11(14-13-8)10-7-15-12-5-3-2-4-9(10)12/h6-7H,2-5H2,1H3,(H,13,14). The Morgan fingerprint density at radius 2 is 2.20 bits per heavy atom. The van der Waals surface area contributed by atoms with Crippen molar-refractivity contribution in [2.24, 2.45) is 0 Å². The number of nitrogens with one attached hydrogen (secondary N) is 1. The highest BCUT2D eigenvalue weighted by atomic mass is 32.1. The summed E-state index contributed by atoms with van der Waals surface area (Å²) >= 11 is 1.90. The number of hydrogen-bond acceptors (Lipinski definition) is 2. The van der Waals surface area contributed by atoms with Gasteiger partial charge in [0, 0.05) is 21.5 Å². The van der Waals surface area contributed by atoms with Crippen LogP contribution in [0.25, 0.3) is 11.3 Å². The smallest absolute Gasteiger partial charge is 0.0934 e. The van der Waals surface area contributed by atoms with Crippen molar-refractivity contribution in [3.05, 3.63) is 27.6 Å². The average molecular weight is 218 g/mol. The first-order valence-electron chi connectivity index (χ1n) is 5.46. The van der Waals surface area contributed by atoms with Crippen molar-refractivity contribution in [1.29, 1.82) is 0 Å². The number of rotatable bonds is 1. The Labute approximate surface area is 93.3 Å². The second-order valence-corrected chi connectivity index (χ2v) is 5.16. The van der Waals surface area contributed by atoms with E-state index in [1.165, 1.54) is 31.2 Å². The van der Waals surface area contributed by atoms with E-state index in [9.17, 15) is 0 Å². The maximum atomic E-state index is 4.35. The van der Waals surface area contributed by atoms with Crippen LogP contribution in [-0.4, -0.2) is 10.2 Å². The van der Waals surface area contributed by atoms with Crippen molar-refractivity contribution >= 4 is 11.3 Å². The topological polar surface area (TPSA) is 28.7 Å².